The van der Waals surface area contributed by atoms with E-state index in [1.165, 1.54) is 6.07 Å². The maximum atomic E-state index is 14.1. The minimum Gasteiger partial charge on any atom is -0.368 e. The van der Waals surface area contributed by atoms with Gasteiger partial charge in [0, 0.05) is 24.6 Å². The molecule has 0 aromatic heterocycles. The molecule has 0 aliphatic rings. The summed E-state index contributed by atoms with van der Waals surface area (Å²) in [4.78, 5) is 1.95. The van der Waals surface area contributed by atoms with Gasteiger partial charge in [0.05, 0.1) is 5.69 Å². The molecule has 0 aliphatic carbocycles. The average molecular weight is 337 g/mol. The lowest BCUT2D eigenvalue weighted by Crippen LogP contribution is -2.21. The number of benzene rings is 2. The molecular weight excluding hydrogens is 319 g/mol. The van der Waals surface area contributed by atoms with Crippen LogP contribution in [0, 0.1) is 5.82 Å². The van der Waals surface area contributed by atoms with Crippen molar-refractivity contribution in [3.63, 3.8) is 0 Å². The average Bonchev–Trinajstić information content (AvgIpc) is 2.39. The van der Waals surface area contributed by atoms with Gasteiger partial charge in [0.1, 0.15) is 5.82 Å². The highest BCUT2D eigenvalue weighted by Gasteiger charge is 2.13. The molecule has 1 N–H and O–H groups in total. The minimum atomic E-state index is -0.185. The van der Waals surface area contributed by atoms with E-state index in [9.17, 15) is 4.39 Å². The van der Waals surface area contributed by atoms with Crippen molar-refractivity contribution in [1.82, 2.24) is 5.32 Å². The van der Waals surface area contributed by atoms with Crippen molar-refractivity contribution in [3.8, 4) is 0 Å². The summed E-state index contributed by atoms with van der Waals surface area (Å²) in [5, 5.41) is 3.08. The maximum absolute atomic E-state index is 14.1. The van der Waals surface area contributed by atoms with Crippen molar-refractivity contribution in [2.75, 3.05) is 19.0 Å². The van der Waals surface area contributed by atoms with E-state index in [4.69, 9.17) is 0 Å². The first kappa shape index (κ1) is 15.0. The summed E-state index contributed by atoms with van der Waals surface area (Å²) in [6, 6.07) is 13.3. The standard InChI is InChI=1S/C16H18BrFN2/c1-19-10-13-6-4-8-15(18)16(13)20(2)11-12-5-3-7-14(17)9-12/h3-9,19H,10-11H2,1-2H3. The molecule has 2 aromatic rings. The van der Waals surface area contributed by atoms with E-state index in [1.807, 2.05) is 43.3 Å². The molecule has 2 rings (SSSR count). The highest BCUT2D eigenvalue weighted by Crippen LogP contribution is 2.25. The number of halogens is 2. The van der Waals surface area contributed by atoms with E-state index < -0.39 is 0 Å². The van der Waals surface area contributed by atoms with Crippen LogP contribution in [-0.2, 0) is 13.1 Å². The van der Waals surface area contributed by atoms with Gasteiger partial charge in [-0.05, 0) is 36.4 Å². The van der Waals surface area contributed by atoms with Crippen LogP contribution < -0.4 is 10.2 Å². The van der Waals surface area contributed by atoms with Gasteiger partial charge < -0.3 is 10.2 Å². The van der Waals surface area contributed by atoms with Crippen molar-refractivity contribution in [1.29, 1.82) is 0 Å². The molecule has 0 amide bonds. The molecule has 2 nitrogen and oxygen atoms in total. The summed E-state index contributed by atoms with van der Waals surface area (Å²) in [5.74, 6) is -0.185. The van der Waals surface area contributed by atoms with Crippen molar-refractivity contribution >= 4 is 21.6 Å². The third-order valence-electron chi connectivity index (χ3n) is 3.13. The van der Waals surface area contributed by atoms with Gasteiger partial charge in [-0.2, -0.15) is 0 Å². The van der Waals surface area contributed by atoms with Crippen LogP contribution >= 0.6 is 15.9 Å². The normalized spacial score (nSPS) is 10.6. The molecule has 20 heavy (non-hydrogen) atoms. The number of hydrogen-bond donors (Lipinski definition) is 1. The smallest absolute Gasteiger partial charge is 0.146 e. The fourth-order valence-corrected chi connectivity index (χ4v) is 2.76. The van der Waals surface area contributed by atoms with Crippen LogP contribution in [0.5, 0.6) is 0 Å². The molecule has 0 fully saturated rings. The Morgan fingerprint density at radius 2 is 1.95 bits per heavy atom. The van der Waals surface area contributed by atoms with Gasteiger partial charge in [-0.25, -0.2) is 4.39 Å². The number of rotatable bonds is 5. The van der Waals surface area contributed by atoms with Crippen LogP contribution in [0.15, 0.2) is 46.9 Å². The largest absolute Gasteiger partial charge is 0.368 e. The Morgan fingerprint density at radius 1 is 1.20 bits per heavy atom. The molecule has 0 heterocycles. The zero-order valence-electron chi connectivity index (χ0n) is 11.7. The van der Waals surface area contributed by atoms with E-state index >= 15 is 0 Å². The van der Waals surface area contributed by atoms with Crippen LogP contribution in [0.25, 0.3) is 0 Å². The molecule has 0 atom stereocenters. The summed E-state index contributed by atoms with van der Waals surface area (Å²) >= 11 is 3.46. The first-order chi connectivity index (χ1) is 9.61. The summed E-state index contributed by atoms with van der Waals surface area (Å²) in [5.41, 5.74) is 2.76. The molecule has 0 unspecified atom stereocenters. The first-order valence-electron chi connectivity index (χ1n) is 6.49. The highest BCUT2D eigenvalue weighted by molar-refractivity contribution is 9.10. The lowest BCUT2D eigenvalue weighted by molar-refractivity contribution is 0.617. The van der Waals surface area contributed by atoms with Gasteiger partial charge in [-0.1, -0.05) is 40.2 Å². The van der Waals surface area contributed by atoms with E-state index in [0.29, 0.717) is 18.8 Å². The third kappa shape index (κ3) is 3.58. The second kappa shape index (κ2) is 6.86. The van der Waals surface area contributed by atoms with Crippen molar-refractivity contribution in [2.45, 2.75) is 13.1 Å². The zero-order valence-corrected chi connectivity index (χ0v) is 13.2. The van der Waals surface area contributed by atoms with E-state index in [-0.39, 0.29) is 5.82 Å². The van der Waals surface area contributed by atoms with Gasteiger partial charge in [0.15, 0.2) is 0 Å². The molecule has 106 valence electrons. The Labute approximate surface area is 127 Å². The molecule has 0 radical (unpaired) electrons. The Kier molecular flexibility index (Phi) is 5.15. The quantitative estimate of drug-likeness (QED) is 0.889. The highest BCUT2D eigenvalue weighted by atomic mass is 79.9. The fraction of sp³-hybridized carbons (Fsp3) is 0.250. The van der Waals surface area contributed by atoms with Crippen LogP contribution in [0.4, 0.5) is 10.1 Å². The first-order valence-corrected chi connectivity index (χ1v) is 7.28. The van der Waals surface area contributed by atoms with Gasteiger partial charge >= 0.3 is 0 Å². The lowest BCUT2D eigenvalue weighted by Gasteiger charge is -2.23. The Morgan fingerprint density at radius 3 is 2.65 bits per heavy atom. The van der Waals surface area contributed by atoms with Crippen LogP contribution in [0.3, 0.4) is 0 Å². The maximum Gasteiger partial charge on any atom is 0.146 e. The molecular formula is C16H18BrFN2. The lowest BCUT2D eigenvalue weighted by atomic mass is 10.1. The minimum absolute atomic E-state index is 0.185. The Balaban J connectivity index is 2.26. The predicted octanol–water partition coefficient (Wildman–Crippen LogP) is 3.94. The molecule has 4 heteroatoms. The van der Waals surface area contributed by atoms with Crippen molar-refractivity contribution < 1.29 is 4.39 Å². The van der Waals surface area contributed by atoms with E-state index in [2.05, 4.69) is 27.3 Å². The molecule has 0 saturated heterocycles. The molecule has 0 aliphatic heterocycles. The Bertz CT molecular complexity index is 586. The number of nitrogens with zero attached hydrogens (tertiary/aromatic N) is 1. The van der Waals surface area contributed by atoms with Gasteiger partial charge in [0.2, 0.25) is 0 Å². The topological polar surface area (TPSA) is 15.3 Å². The molecule has 2 aromatic carbocycles. The van der Waals surface area contributed by atoms with Gasteiger partial charge in [-0.15, -0.1) is 0 Å². The summed E-state index contributed by atoms with van der Waals surface area (Å²) in [7, 11) is 3.78. The second-order valence-corrected chi connectivity index (χ2v) is 5.68. The molecule has 0 saturated carbocycles. The van der Waals surface area contributed by atoms with E-state index in [0.717, 1.165) is 15.6 Å². The third-order valence-corrected chi connectivity index (χ3v) is 3.62. The number of anilines is 1. The van der Waals surface area contributed by atoms with Crippen LogP contribution in [0.1, 0.15) is 11.1 Å². The number of nitrogens with one attached hydrogen (secondary N) is 1. The monoisotopic (exact) mass is 336 g/mol. The molecule has 0 spiro atoms. The van der Waals surface area contributed by atoms with Gasteiger partial charge in [0.25, 0.3) is 0 Å². The summed E-state index contributed by atoms with van der Waals surface area (Å²) < 4.78 is 15.2. The SMILES string of the molecule is CNCc1cccc(F)c1N(C)Cc1cccc(Br)c1. The fourth-order valence-electron chi connectivity index (χ4n) is 2.31. The van der Waals surface area contributed by atoms with Crippen molar-refractivity contribution in [2.24, 2.45) is 0 Å². The molecule has 0 bridgehead atoms. The number of hydrogen-bond acceptors (Lipinski definition) is 2. The number of para-hydroxylation sites is 1. The zero-order chi connectivity index (χ0) is 14.5. The summed E-state index contributed by atoms with van der Waals surface area (Å²) in [6.07, 6.45) is 0. The summed E-state index contributed by atoms with van der Waals surface area (Å²) in [6.45, 7) is 1.31. The van der Waals surface area contributed by atoms with E-state index in [1.54, 1.807) is 6.07 Å². The van der Waals surface area contributed by atoms with Gasteiger partial charge in [-0.3, -0.25) is 0 Å². The second-order valence-electron chi connectivity index (χ2n) is 4.76. The van der Waals surface area contributed by atoms with Crippen molar-refractivity contribution in [3.05, 3.63) is 63.9 Å². The van der Waals surface area contributed by atoms with Crippen LogP contribution in [-0.4, -0.2) is 14.1 Å². The predicted molar refractivity (Wildman–Crippen MR) is 85.4 cm³/mol. The van der Waals surface area contributed by atoms with Crippen LogP contribution in [0.2, 0.25) is 0 Å². The Hall–Kier alpha value is -1.39.